The topological polar surface area (TPSA) is 44.8 Å². The molecule has 0 saturated heterocycles. The standard InChI is InChI=1S/C28H31F3O4S/c1-7-22(25-18(4)16-24(36-25)19-9-11-20(12-10-19)28(29,30)31)34-21-13-14-23(17(3)15-21)35-27(5,6)26(32)33-8-2/h9-16,22H,7-8H2,1-6H3. The van der Waals surface area contributed by atoms with Crippen molar-refractivity contribution in [2.45, 2.75) is 65.8 Å². The van der Waals surface area contributed by atoms with E-state index >= 15 is 0 Å². The highest BCUT2D eigenvalue weighted by Gasteiger charge is 2.32. The number of halogens is 3. The third-order valence-corrected chi connectivity index (χ3v) is 7.05. The number of hydrogen-bond acceptors (Lipinski definition) is 5. The van der Waals surface area contributed by atoms with E-state index in [9.17, 15) is 18.0 Å². The maximum Gasteiger partial charge on any atom is 0.416 e. The Morgan fingerprint density at radius 2 is 1.64 bits per heavy atom. The van der Waals surface area contributed by atoms with Crippen LogP contribution in [0.2, 0.25) is 0 Å². The lowest BCUT2D eigenvalue weighted by Gasteiger charge is -2.25. The van der Waals surface area contributed by atoms with Crippen molar-refractivity contribution in [2.75, 3.05) is 6.61 Å². The molecule has 0 amide bonds. The largest absolute Gasteiger partial charge is 0.485 e. The lowest BCUT2D eigenvalue weighted by atomic mass is 10.1. The minimum atomic E-state index is -4.36. The lowest BCUT2D eigenvalue weighted by molar-refractivity contribution is -0.158. The fraction of sp³-hybridized carbons (Fsp3) is 0.393. The van der Waals surface area contributed by atoms with Crippen LogP contribution < -0.4 is 9.47 Å². The molecule has 0 bridgehead atoms. The van der Waals surface area contributed by atoms with Crippen molar-refractivity contribution < 1.29 is 32.2 Å². The molecule has 36 heavy (non-hydrogen) atoms. The van der Waals surface area contributed by atoms with E-state index in [1.165, 1.54) is 23.5 Å². The van der Waals surface area contributed by atoms with E-state index in [0.717, 1.165) is 38.6 Å². The Kier molecular flexibility index (Phi) is 8.39. The van der Waals surface area contributed by atoms with Crippen molar-refractivity contribution in [2.24, 2.45) is 0 Å². The summed E-state index contributed by atoms with van der Waals surface area (Å²) in [6.45, 7) is 11.2. The zero-order valence-corrected chi connectivity index (χ0v) is 22.1. The van der Waals surface area contributed by atoms with E-state index in [1.54, 1.807) is 32.9 Å². The number of thiophene rings is 1. The Morgan fingerprint density at radius 3 is 2.19 bits per heavy atom. The summed E-state index contributed by atoms with van der Waals surface area (Å²) in [6, 6.07) is 12.6. The summed E-state index contributed by atoms with van der Waals surface area (Å²) >= 11 is 1.52. The average Bonchev–Trinajstić information content (AvgIpc) is 3.20. The first kappa shape index (κ1) is 27.6. The molecule has 1 aromatic heterocycles. The number of carbonyl (C=O) groups is 1. The highest BCUT2D eigenvalue weighted by Crippen LogP contribution is 2.39. The van der Waals surface area contributed by atoms with E-state index in [-0.39, 0.29) is 12.7 Å². The molecule has 0 spiro atoms. The summed E-state index contributed by atoms with van der Waals surface area (Å²) in [5.74, 6) is 0.780. The number of alkyl halides is 3. The summed E-state index contributed by atoms with van der Waals surface area (Å²) in [6.07, 6.45) is -3.87. The number of benzene rings is 2. The van der Waals surface area contributed by atoms with Crippen molar-refractivity contribution >= 4 is 17.3 Å². The zero-order valence-electron chi connectivity index (χ0n) is 21.3. The molecule has 0 fully saturated rings. The number of hydrogen-bond donors (Lipinski definition) is 0. The van der Waals surface area contributed by atoms with Gasteiger partial charge in [-0.25, -0.2) is 4.79 Å². The smallest absolute Gasteiger partial charge is 0.416 e. The Labute approximate surface area is 214 Å². The molecule has 0 N–H and O–H groups in total. The lowest BCUT2D eigenvalue weighted by Crippen LogP contribution is -2.39. The van der Waals surface area contributed by atoms with Gasteiger partial charge in [0, 0.05) is 9.75 Å². The molecule has 3 aromatic rings. The molecule has 1 atom stereocenters. The van der Waals surface area contributed by atoms with Gasteiger partial charge in [-0.2, -0.15) is 13.2 Å². The van der Waals surface area contributed by atoms with Gasteiger partial charge in [0.1, 0.15) is 17.6 Å². The minimum absolute atomic E-state index is 0.222. The molecule has 3 rings (SSSR count). The van der Waals surface area contributed by atoms with Crippen LogP contribution in [-0.4, -0.2) is 18.2 Å². The third-order valence-electron chi connectivity index (χ3n) is 5.67. The summed E-state index contributed by atoms with van der Waals surface area (Å²) in [7, 11) is 0. The van der Waals surface area contributed by atoms with Gasteiger partial charge in [-0.15, -0.1) is 11.3 Å². The van der Waals surface area contributed by atoms with Gasteiger partial charge in [0.25, 0.3) is 0 Å². The second-order valence-corrected chi connectivity index (χ2v) is 10.1. The first-order chi connectivity index (χ1) is 16.9. The van der Waals surface area contributed by atoms with Gasteiger partial charge >= 0.3 is 12.1 Å². The van der Waals surface area contributed by atoms with Gasteiger partial charge < -0.3 is 14.2 Å². The van der Waals surface area contributed by atoms with Gasteiger partial charge in [0.2, 0.25) is 0 Å². The Hall–Kier alpha value is -3.00. The molecule has 1 heterocycles. The normalized spacial score (nSPS) is 12.8. The number of esters is 1. The highest BCUT2D eigenvalue weighted by atomic mass is 32.1. The number of aryl methyl sites for hydroxylation is 2. The number of ether oxygens (including phenoxy) is 3. The summed E-state index contributed by atoms with van der Waals surface area (Å²) in [4.78, 5) is 14.1. The van der Waals surface area contributed by atoms with E-state index in [1.807, 2.05) is 32.9 Å². The van der Waals surface area contributed by atoms with Crippen molar-refractivity contribution in [3.63, 3.8) is 0 Å². The fourth-order valence-electron chi connectivity index (χ4n) is 3.70. The highest BCUT2D eigenvalue weighted by molar-refractivity contribution is 7.15. The Morgan fingerprint density at radius 1 is 0.972 bits per heavy atom. The predicted octanol–water partition coefficient (Wildman–Crippen LogP) is 8.30. The van der Waals surface area contributed by atoms with Crippen LogP contribution in [-0.2, 0) is 15.7 Å². The van der Waals surface area contributed by atoms with Gasteiger partial charge in [0.15, 0.2) is 5.60 Å². The summed E-state index contributed by atoms with van der Waals surface area (Å²) < 4.78 is 56.0. The number of carbonyl (C=O) groups excluding carboxylic acids is 1. The molecule has 8 heteroatoms. The van der Waals surface area contributed by atoms with Crippen molar-refractivity contribution in [3.8, 4) is 21.9 Å². The van der Waals surface area contributed by atoms with Crippen LogP contribution in [0.4, 0.5) is 13.2 Å². The number of rotatable bonds is 9. The summed E-state index contributed by atoms with van der Waals surface area (Å²) in [5, 5.41) is 0. The second kappa shape index (κ2) is 10.9. The molecular formula is C28H31F3O4S. The predicted molar refractivity (Wildman–Crippen MR) is 136 cm³/mol. The molecule has 1 unspecified atom stereocenters. The molecule has 0 aliphatic carbocycles. The van der Waals surface area contributed by atoms with Crippen LogP contribution in [0, 0.1) is 13.8 Å². The van der Waals surface area contributed by atoms with E-state index in [0.29, 0.717) is 17.9 Å². The van der Waals surface area contributed by atoms with E-state index < -0.39 is 23.3 Å². The molecule has 2 aromatic carbocycles. The molecule has 0 saturated carbocycles. The monoisotopic (exact) mass is 520 g/mol. The molecular weight excluding hydrogens is 489 g/mol. The molecule has 0 aliphatic rings. The van der Waals surface area contributed by atoms with Crippen molar-refractivity contribution in [3.05, 3.63) is 70.1 Å². The van der Waals surface area contributed by atoms with Crippen LogP contribution in [0.3, 0.4) is 0 Å². The third kappa shape index (κ3) is 6.40. The van der Waals surface area contributed by atoms with E-state index in [2.05, 4.69) is 0 Å². The van der Waals surface area contributed by atoms with Gasteiger partial charge in [-0.05, 0) is 94.1 Å². The molecule has 0 aliphatic heterocycles. The average molecular weight is 521 g/mol. The first-order valence-electron chi connectivity index (χ1n) is 11.8. The Balaban J connectivity index is 1.78. The first-order valence-corrected chi connectivity index (χ1v) is 12.6. The molecule has 194 valence electrons. The van der Waals surface area contributed by atoms with Crippen LogP contribution >= 0.6 is 11.3 Å². The fourth-order valence-corrected chi connectivity index (χ4v) is 4.99. The van der Waals surface area contributed by atoms with Crippen LogP contribution in [0.25, 0.3) is 10.4 Å². The zero-order chi connectivity index (χ0) is 26.7. The van der Waals surface area contributed by atoms with Gasteiger partial charge in [-0.1, -0.05) is 19.1 Å². The maximum atomic E-state index is 12.9. The SMILES string of the molecule is CCOC(=O)C(C)(C)Oc1ccc(OC(CC)c2sc(-c3ccc(C(F)(F)F)cc3)cc2C)cc1C. The second-order valence-electron chi connectivity index (χ2n) is 9.01. The maximum absolute atomic E-state index is 12.9. The van der Waals surface area contributed by atoms with E-state index in [4.69, 9.17) is 14.2 Å². The quantitative estimate of drug-likeness (QED) is 0.266. The summed E-state index contributed by atoms with van der Waals surface area (Å²) in [5.41, 5.74) is 0.780. The van der Waals surface area contributed by atoms with Crippen LogP contribution in [0.15, 0.2) is 48.5 Å². The van der Waals surface area contributed by atoms with Gasteiger partial charge in [-0.3, -0.25) is 0 Å². The van der Waals surface area contributed by atoms with Crippen molar-refractivity contribution in [1.82, 2.24) is 0 Å². The minimum Gasteiger partial charge on any atom is -0.485 e. The molecule has 4 nitrogen and oxygen atoms in total. The van der Waals surface area contributed by atoms with Crippen LogP contribution in [0.5, 0.6) is 11.5 Å². The molecule has 0 radical (unpaired) electrons. The van der Waals surface area contributed by atoms with Crippen molar-refractivity contribution in [1.29, 1.82) is 0 Å². The van der Waals surface area contributed by atoms with Crippen LogP contribution in [0.1, 0.15) is 61.8 Å². The van der Waals surface area contributed by atoms with Gasteiger partial charge in [0.05, 0.1) is 12.2 Å². The Bertz CT molecular complexity index is 1200.